The minimum Gasteiger partial charge on any atom is -0.451 e. The Morgan fingerprint density at radius 1 is 1.23 bits per heavy atom. The Morgan fingerprint density at radius 2 is 1.92 bits per heavy atom. The van der Waals surface area contributed by atoms with Gasteiger partial charge in [-0.2, -0.15) is 0 Å². The van der Waals surface area contributed by atoms with E-state index in [2.05, 4.69) is 10.6 Å². The number of urea groups is 1. The van der Waals surface area contributed by atoms with Crippen LogP contribution in [0.3, 0.4) is 0 Å². The van der Waals surface area contributed by atoms with Gasteiger partial charge in [0.25, 0.3) is 5.91 Å². The van der Waals surface area contributed by atoms with Crippen molar-refractivity contribution in [2.24, 2.45) is 0 Å². The van der Waals surface area contributed by atoms with Gasteiger partial charge in [0.1, 0.15) is 6.04 Å². The smallest absolute Gasteiger partial charge is 0.329 e. The number of nitrogens with one attached hydrogen (secondary N) is 2. The molecule has 138 valence electrons. The number of benzene rings is 1. The van der Waals surface area contributed by atoms with Crippen molar-refractivity contribution in [1.82, 2.24) is 15.5 Å². The molecule has 0 radical (unpaired) electrons. The van der Waals surface area contributed by atoms with E-state index >= 15 is 0 Å². The van der Waals surface area contributed by atoms with E-state index in [1.54, 1.807) is 6.08 Å². The van der Waals surface area contributed by atoms with E-state index in [-0.39, 0.29) is 6.54 Å². The van der Waals surface area contributed by atoms with Gasteiger partial charge in [-0.15, -0.1) is 0 Å². The van der Waals surface area contributed by atoms with Crippen LogP contribution in [0.5, 0.6) is 0 Å². The molecule has 0 aliphatic carbocycles. The number of imide groups is 1. The van der Waals surface area contributed by atoms with Gasteiger partial charge in [-0.1, -0.05) is 30.3 Å². The quantitative estimate of drug-likeness (QED) is 0.574. The highest BCUT2D eigenvalue weighted by Gasteiger charge is 2.32. The average Bonchev–Trinajstić information content (AvgIpc) is 3.06. The van der Waals surface area contributed by atoms with E-state index in [0.29, 0.717) is 6.54 Å². The summed E-state index contributed by atoms with van der Waals surface area (Å²) in [4.78, 5) is 48.4. The molecule has 26 heavy (non-hydrogen) atoms. The van der Waals surface area contributed by atoms with Crippen molar-refractivity contribution in [2.75, 3.05) is 13.1 Å². The van der Waals surface area contributed by atoms with E-state index in [1.165, 1.54) is 19.9 Å². The minimum absolute atomic E-state index is 0.232. The van der Waals surface area contributed by atoms with Crippen molar-refractivity contribution in [3.63, 3.8) is 0 Å². The van der Waals surface area contributed by atoms with Crippen molar-refractivity contribution in [3.8, 4) is 0 Å². The molecule has 8 heteroatoms. The fraction of sp³-hybridized carbons (Fsp3) is 0.333. The van der Waals surface area contributed by atoms with Crippen LogP contribution in [0.4, 0.5) is 4.79 Å². The van der Waals surface area contributed by atoms with Gasteiger partial charge in [0.05, 0.1) is 0 Å². The van der Waals surface area contributed by atoms with Gasteiger partial charge >= 0.3 is 12.0 Å². The zero-order valence-corrected chi connectivity index (χ0v) is 14.6. The summed E-state index contributed by atoms with van der Waals surface area (Å²) >= 11 is 0. The maximum Gasteiger partial charge on any atom is 0.329 e. The Balaban J connectivity index is 1.82. The second-order valence-corrected chi connectivity index (χ2v) is 5.78. The van der Waals surface area contributed by atoms with Gasteiger partial charge in [-0.25, -0.2) is 9.59 Å². The lowest BCUT2D eigenvalue weighted by Crippen LogP contribution is -2.45. The molecule has 1 heterocycles. The number of ether oxygens (including phenoxy) is 1. The molecule has 0 spiro atoms. The standard InChI is InChI=1S/C18H21N3O5/c1-12(20-15(22)9-8-14-6-4-3-5-7-14)17(24)26-13(2)16(23)21-11-10-19-18(21)25/h3-9,12-13H,10-11H2,1-2H3,(H,19,25)(H,20,22)/b9-8+/t12-,13+/m0/s1. The summed E-state index contributed by atoms with van der Waals surface area (Å²) in [5.41, 5.74) is 0.848. The summed E-state index contributed by atoms with van der Waals surface area (Å²) in [6.45, 7) is 3.44. The first-order valence-corrected chi connectivity index (χ1v) is 8.22. The van der Waals surface area contributed by atoms with Crippen LogP contribution in [0, 0.1) is 0 Å². The van der Waals surface area contributed by atoms with Crippen LogP contribution in [0.1, 0.15) is 19.4 Å². The highest BCUT2D eigenvalue weighted by Crippen LogP contribution is 2.05. The number of carbonyl (C=O) groups is 4. The molecule has 0 bridgehead atoms. The normalized spacial score (nSPS) is 16.1. The highest BCUT2D eigenvalue weighted by molar-refractivity contribution is 5.99. The predicted molar refractivity (Wildman–Crippen MR) is 93.7 cm³/mol. The van der Waals surface area contributed by atoms with Crippen molar-refractivity contribution >= 4 is 29.9 Å². The van der Waals surface area contributed by atoms with Crippen LogP contribution in [-0.4, -0.2) is 54.0 Å². The van der Waals surface area contributed by atoms with Gasteiger partial charge in [0.2, 0.25) is 5.91 Å². The molecule has 1 aromatic rings. The lowest BCUT2D eigenvalue weighted by molar-refractivity contribution is -0.159. The predicted octanol–water partition coefficient (Wildman–Crippen LogP) is 0.688. The first-order chi connectivity index (χ1) is 12.4. The summed E-state index contributed by atoms with van der Waals surface area (Å²) in [7, 11) is 0. The fourth-order valence-corrected chi connectivity index (χ4v) is 2.28. The number of hydrogen-bond acceptors (Lipinski definition) is 5. The molecule has 2 atom stereocenters. The maximum atomic E-state index is 12.1. The minimum atomic E-state index is -1.12. The molecular formula is C18H21N3O5. The Labute approximate surface area is 151 Å². The summed E-state index contributed by atoms with van der Waals surface area (Å²) < 4.78 is 5.05. The largest absolute Gasteiger partial charge is 0.451 e. The lowest BCUT2D eigenvalue weighted by atomic mass is 10.2. The zero-order chi connectivity index (χ0) is 19.1. The summed E-state index contributed by atoms with van der Waals surface area (Å²) in [6.07, 6.45) is 1.80. The molecule has 1 aliphatic rings. The second kappa shape index (κ2) is 8.80. The molecule has 1 aliphatic heterocycles. The lowest BCUT2D eigenvalue weighted by Gasteiger charge is -2.20. The second-order valence-electron chi connectivity index (χ2n) is 5.78. The first-order valence-electron chi connectivity index (χ1n) is 8.22. The number of hydrogen-bond donors (Lipinski definition) is 2. The molecule has 4 amide bonds. The highest BCUT2D eigenvalue weighted by atomic mass is 16.5. The van der Waals surface area contributed by atoms with E-state index in [0.717, 1.165) is 10.5 Å². The number of rotatable bonds is 6. The topological polar surface area (TPSA) is 105 Å². The summed E-state index contributed by atoms with van der Waals surface area (Å²) in [5.74, 6) is -1.82. The first kappa shape index (κ1) is 19.2. The van der Waals surface area contributed by atoms with Crippen LogP contribution in [0.15, 0.2) is 36.4 Å². The Kier molecular flexibility index (Phi) is 6.48. The molecular weight excluding hydrogens is 338 g/mol. The van der Waals surface area contributed by atoms with Crippen LogP contribution in [-0.2, 0) is 19.1 Å². The molecule has 2 N–H and O–H groups in total. The van der Waals surface area contributed by atoms with Crippen molar-refractivity contribution in [3.05, 3.63) is 42.0 Å². The molecule has 2 rings (SSSR count). The van der Waals surface area contributed by atoms with Gasteiger partial charge in [0.15, 0.2) is 6.10 Å². The van der Waals surface area contributed by atoms with Crippen LogP contribution in [0.2, 0.25) is 0 Å². The number of amides is 4. The molecule has 8 nitrogen and oxygen atoms in total. The number of esters is 1. The zero-order valence-electron chi connectivity index (χ0n) is 14.6. The van der Waals surface area contributed by atoms with Crippen molar-refractivity contribution in [1.29, 1.82) is 0 Å². The van der Waals surface area contributed by atoms with Gasteiger partial charge in [-0.3, -0.25) is 14.5 Å². The van der Waals surface area contributed by atoms with Gasteiger partial charge in [0, 0.05) is 19.2 Å². The Bertz CT molecular complexity index is 717. The average molecular weight is 359 g/mol. The summed E-state index contributed by atoms with van der Waals surface area (Å²) in [6, 6.07) is 7.78. The number of carbonyl (C=O) groups excluding carboxylic acids is 4. The third kappa shape index (κ3) is 5.17. The van der Waals surface area contributed by atoms with Crippen molar-refractivity contribution < 1.29 is 23.9 Å². The SMILES string of the molecule is C[C@H](NC(=O)/C=C/c1ccccc1)C(=O)O[C@H](C)C(=O)N1CCNC1=O. The van der Waals surface area contributed by atoms with Crippen LogP contribution in [0.25, 0.3) is 6.08 Å². The molecule has 0 aromatic heterocycles. The Morgan fingerprint density at radius 3 is 2.54 bits per heavy atom. The van der Waals surface area contributed by atoms with E-state index in [9.17, 15) is 19.2 Å². The number of nitrogens with zero attached hydrogens (tertiary/aromatic N) is 1. The third-order valence-electron chi connectivity index (χ3n) is 3.70. The van der Waals surface area contributed by atoms with E-state index in [1.807, 2.05) is 30.3 Å². The summed E-state index contributed by atoms with van der Waals surface area (Å²) in [5, 5.41) is 4.96. The van der Waals surface area contributed by atoms with Crippen LogP contribution >= 0.6 is 0 Å². The van der Waals surface area contributed by atoms with Crippen LogP contribution < -0.4 is 10.6 Å². The molecule has 1 fully saturated rings. The van der Waals surface area contributed by atoms with E-state index < -0.39 is 36.0 Å². The van der Waals surface area contributed by atoms with Gasteiger partial charge < -0.3 is 15.4 Å². The third-order valence-corrected chi connectivity index (χ3v) is 3.70. The monoisotopic (exact) mass is 359 g/mol. The molecule has 1 aromatic carbocycles. The molecule has 0 unspecified atom stereocenters. The van der Waals surface area contributed by atoms with Crippen molar-refractivity contribution in [2.45, 2.75) is 26.0 Å². The fourth-order valence-electron chi connectivity index (χ4n) is 2.28. The van der Waals surface area contributed by atoms with E-state index in [4.69, 9.17) is 4.74 Å². The Hall–Kier alpha value is -3.16. The maximum absolute atomic E-state index is 12.1. The molecule has 1 saturated heterocycles. The molecule has 0 saturated carbocycles. The van der Waals surface area contributed by atoms with Gasteiger partial charge in [-0.05, 0) is 25.5 Å².